The van der Waals surface area contributed by atoms with Gasteiger partial charge in [0.05, 0.1) is 60.5 Å². The van der Waals surface area contributed by atoms with Crippen LogP contribution in [0.3, 0.4) is 0 Å². The number of aromatic hydroxyl groups is 3. The monoisotopic (exact) mass is 1170 g/mol. The van der Waals surface area contributed by atoms with Gasteiger partial charge in [0, 0.05) is 134 Å². The fourth-order valence-corrected chi connectivity index (χ4v) is 7.01. The van der Waals surface area contributed by atoms with Crippen LogP contribution in [-0.2, 0) is 58.0 Å². The average molecular weight is 1170 g/mol. The zero-order valence-corrected chi connectivity index (χ0v) is 47.2. The molecule has 0 amide bonds. The Bertz CT molecular complexity index is 3430. The number of nitrogens with zero attached hydrogens (tertiary/aromatic N) is 5. The molecule has 0 bridgehead atoms. The molecule has 26 nitrogen and oxygen atoms in total. The summed E-state index contributed by atoms with van der Waals surface area (Å²) in [5.41, 5.74) is 6.38. The van der Waals surface area contributed by atoms with E-state index in [1.165, 1.54) is 49.8 Å². The molecule has 7 heterocycles. The van der Waals surface area contributed by atoms with Gasteiger partial charge in [-0.05, 0) is 71.9 Å². The number of carbonyl (C=O) groups excluding carboxylic acids is 2. The molecule has 446 valence electrons. The van der Waals surface area contributed by atoms with Gasteiger partial charge in [-0.15, -0.1) is 0 Å². The van der Waals surface area contributed by atoms with Crippen LogP contribution in [0.5, 0.6) is 28.7 Å². The lowest BCUT2D eigenvalue weighted by Crippen LogP contribution is -2.36. The second-order valence-corrected chi connectivity index (χ2v) is 18.4. The number of aliphatic hydroxyl groups excluding tert-OH is 1. The second-order valence-electron chi connectivity index (χ2n) is 18.4. The van der Waals surface area contributed by atoms with Crippen LogP contribution in [0.4, 0.5) is 0 Å². The maximum atomic E-state index is 11.4. The van der Waals surface area contributed by atoms with E-state index in [1.54, 1.807) is 39.2 Å². The first-order valence-corrected chi connectivity index (χ1v) is 24.8. The van der Waals surface area contributed by atoms with Crippen molar-refractivity contribution < 1.29 is 103 Å². The molecule has 26 heteroatoms. The third-order valence-corrected chi connectivity index (χ3v) is 11.3. The number of aromatic nitrogens is 5. The van der Waals surface area contributed by atoms with Crippen LogP contribution >= 0.6 is 0 Å². The molecule has 5 aromatic rings. The summed E-state index contributed by atoms with van der Waals surface area (Å²) in [4.78, 5) is 94.2. The van der Waals surface area contributed by atoms with Crippen molar-refractivity contribution >= 4 is 72.5 Å². The summed E-state index contributed by atoms with van der Waals surface area (Å²) in [6.07, 6.45) is 19.5. The summed E-state index contributed by atoms with van der Waals surface area (Å²) < 4.78 is 27.6. The number of hydrogen-bond donors (Lipinski definition) is 9. The van der Waals surface area contributed by atoms with E-state index in [1.807, 2.05) is 41.5 Å². The topological polar surface area (TPSA) is 412 Å². The Kier molecular flexibility index (Phi) is 25.2. The Hall–Kier alpha value is -10.2. The van der Waals surface area contributed by atoms with Crippen molar-refractivity contribution in [2.75, 3.05) is 6.61 Å². The number of carboxylic acid groups (broad SMARTS) is 5. The SMILES string of the molecule is CCOC(=O)/C=C/c1cnc(C)c2c1COC(C)(C)O2.Cc1ncc(/C=C/C(=O)O)c(C(=O)O)c1O.Cc1ncc(/C=C/C(=O)O)c(C=O)c1O.Cc1ncc(/C=C/C(=O)O)c(CO)c1O.Cc1ncc(/C=C/C(=O)O)c2c1OC(C)(C)OC2. The fourth-order valence-electron chi connectivity index (χ4n) is 7.01. The number of carboxylic acids is 5. The van der Waals surface area contributed by atoms with Gasteiger partial charge in [0.15, 0.2) is 12.0 Å². The molecule has 7 rings (SSSR count). The quantitative estimate of drug-likeness (QED) is 0.0298. The molecule has 2 aliphatic rings. The molecule has 0 saturated carbocycles. The minimum atomic E-state index is -1.34. The van der Waals surface area contributed by atoms with Gasteiger partial charge in [-0.3, -0.25) is 29.7 Å². The number of carbonyl (C=O) groups is 7. The highest BCUT2D eigenvalue weighted by molar-refractivity contribution is 5.97. The lowest BCUT2D eigenvalue weighted by atomic mass is 10.1. The van der Waals surface area contributed by atoms with Crippen LogP contribution in [-0.4, -0.2) is 131 Å². The number of ether oxygens (including phenoxy) is 5. The van der Waals surface area contributed by atoms with Crippen LogP contribution in [0.25, 0.3) is 30.4 Å². The van der Waals surface area contributed by atoms with Gasteiger partial charge in [0.25, 0.3) is 0 Å². The number of fused-ring (bicyclic) bond motifs is 2. The van der Waals surface area contributed by atoms with Crippen molar-refractivity contribution in [1.29, 1.82) is 0 Å². The summed E-state index contributed by atoms with van der Waals surface area (Å²) in [5, 5.41) is 80.3. The molecular formula is C58H63N5O21. The van der Waals surface area contributed by atoms with Crippen LogP contribution < -0.4 is 9.47 Å². The Morgan fingerprint density at radius 2 is 0.881 bits per heavy atom. The highest BCUT2D eigenvalue weighted by atomic mass is 16.7. The Morgan fingerprint density at radius 1 is 0.524 bits per heavy atom. The van der Waals surface area contributed by atoms with Crippen molar-refractivity contribution in [3.63, 3.8) is 0 Å². The maximum Gasteiger partial charge on any atom is 0.340 e. The van der Waals surface area contributed by atoms with Gasteiger partial charge in [0.1, 0.15) is 28.6 Å². The predicted molar refractivity (Wildman–Crippen MR) is 299 cm³/mol. The summed E-state index contributed by atoms with van der Waals surface area (Å²) in [7, 11) is 0. The number of aldehydes is 1. The molecule has 0 spiro atoms. The second kappa shape index (κ2) is 31.1. The van der Waals surface area contributed by atoms with Gasteiger partial charge in [-0.1, -0.05) is 0 Å². The zero-order chi connectivity index (χ0) is 63.2. The standard InChI is InChI=1S/C15H19NO4.C13H15NO4.C10H9NO5.C10H11NO4.C10H9NO4/c1-5-18-13(17)7-6-11-8-16-10(2)14-12(11)9-19-15(3,4)20-14;1-8-12-10(7-17-13(2,3)18-12)9(6-14-8)4-5-11(15)16;1-5-9(14)8(10(15)16)6(4-11-5)2-3-7(12)13;2*1-6-10(15)8(5-12)7(4-11-6)2-3-9(13)14/h6-8H,5,9H2,1-4H3;4-6H,7H2,1-3H3,(H,15,16);2-4,14H,1H3,(H,12,13)(H,15,16);2-4,12,15H,5H2,1H3,(H,13,14);2-5,15H,1H3,(H,13,14)/b7-6+;5-4+;3*3-2+. The number of aliphatic hydroxyl groups is 1. The minimum absolute atomic E-state index is 0.0398. The minimum Gasteiger partial charge on any atom is -0.506 e. The first kappa shape index (κ1) is 68.1. The fraction of sp³-hybridized carbons (Fsp3) is 0.276. The molecular weight excluding hydrogens is 1100 g/mol. The first-order chi connectivity index (χ1) is 39.4. The summed E-state index contributed by atoms with van der Waals surface area (Å²) in [6, 6.07) is 0. The predicted octanol–water partition coefficient (Wildman–Crippen LogP) is 7.33. The smallest absolute Gasteiger partial charge is 0.340 e. The number of hydrogen-bond acceptors (Lipinski definition) is 21. The van der Waals surface area contributed by atoms with Gasteiger partial charge in [0.2, 0.25) is 11.6 Å². The zero-order valence-electron chi connectivity index (χ0n) is 47.2. The molecule has 0 fully saturated rings. The number of aromatic carboxylic acids is 1. The normalized spacial score (nSPS) is 13.5. The van der Waals surface area contributed by atoms with Gasteiger partial charge >= 0.3 is 35.8 Å². The summed E-state index contributed by atoms with van der Waals surface area (Å²) >= 11 is 0. The Balaban J connectivity index is 0.000000277. The van der Waals surface area contributed by atoms with Crippen LogP contribution in [0.1, 0.15) is 128 Å². The van der Waals surface area contributed by atoms with Gasteiger partial charge in [-0.25, -0.2) is 28.8 Å². The maximum absolute atomic E-state index is 11.4. The van der Waals surface area contributed by atoms with Gasteiger partial charge < -0.3 is 69.6 Å². The van der Waals surface area contributed by atoms with Crippen molar-refractivity contribution in [2.45, 2.75) is 101 Å². The Labute approximate surface area is 480 Å². The third kappa shape index (κ3) is 20.4. The Morgan fingerprint density at radius 3 is 1.30 bits per heavy atom. The number of esters is 1. The molecule has 2 aliphatic heterocycles. The van der Waals surface area contributed by atoms with E-state index in [-0.39, 0.29) is 57.6 Å². The van der Waals surface area contributed by atoms with Crippen molar-refractivity contribution in [1.82, 2.24) is 24.9 Å². The number of aliphatic carboxylic acids is 4. The van der Waals surface area contributed by atoms with Crippen molar-refractivity contribution in [3.05, 3.63) is 145 Å². The molecule has 0 atom stereocenters. The highest BCUT2D eigenvalue weighted by Gasteiger charge is 2.31. The number of rotatable bonds is 14. The first-order valence-electron chi connectivity index (χ1n) is 24.8. The van der Waals surface area contributed by atoms with Crippen LogP contribution in [0.2, 0.25) is 0 Å². The highest BCUT2D eigenvalue weighted by Crippen LogP contribution is 2.37. The van der Waals surface area contributed by atoms with E-state index in [9.17, 15) is 48.9 Å². The van der Waals surface area contributed by atoms with E-state index in [0.29, 0.717) is 54.4 Å². The molecule has 5 aromatic heterocycles. The van der Waals surface area contributed by atoms with E-state index in [0.717, 1.165) is 64.2 Å². The lowest BCUT2D eigenvalue weighted by molar-refractivity contribution is -0.181. The largest absolute Gasteiger partial charge is 0.506 e. The molecule has 9 N–H and O–H groups in total. The van der Waals surface area contributed by atoms with Crippen molar-refractivity contribution in [3.8, 4) is 28.7 Å². The lowest BCUT2D eigenvalue weighted by Gasteiger charge is -2.33. The van der Waals surface area contributed by atoms with Crippen LogP contribution in [0.15, 0.2) is 61.4 Å². The third-order valence-electron chi connectivity index (χ3n) is 11.3. The van der Waals surface area contributed by atoms with E-state index >= 15 is 0 Å². The number of pyridine rings is 5. The van der Waals surface area contributed by atoms with E-state index in [2.05, 4.69) is 24.9 Å². The average Bonchev–Trinajstić information content (AvgIpc) is 3.62. The van der Waals surface area contributed by atoms with Crippen molar-refractivity contribution in [2.24, 2.45) is 0 Å². The summed E-state index contributed by atoms with van der Waals surface area (Å²) in [5.74, 6) is -6.89. The molecule has 0 saturated heterocycles. The van der Waals surface area contributed by atoms with E-state index in [4.69, 9.17) is 54.3 Å². The summed E-state index contributed by atoms with van der Waals surface area (Å²) in [6.45, 7) is 18.3. The molecule has 0 aliphatic carbocycles. The molecule has 84 heavy (non-hydrogen) atoms. The number of aryl methyl sites for hydroxylation is 5. The van der Waals surface area contributed by atoms with E-state index < -0.39 is 47.2 Å². The molecule has 0 unspecified atom stereocenters. The molecule has 0 aromatic carbocycles. The van der Waals surface area contributed by atoms with Gasteiger partial charge in [-0.2, -0.15) is 0 Å². The van der Waals surface area contributed by atoms with Crippen LogP contribution in [0, 0.1) is 34.6 Å². The molecule has 0 radical (unpaired) electrons.